The van der Waals surface area contributed by atoms with E-state index < -0.39 is 16.1 Å². The number of amides is 1. The Labute approximate surface area is 203 Å². The molecule has 1 aliphatic rings. The van der Waals surface area contributed by atoms with E-state index in [1.54, 1.807) is 17.0 Å². The normalized spacial score (nSPS) is 17.2. The molecule has 1 unspecified atom stereocenters. The molecule has 0 N–H and O–H groups in total. The van der Waals surface area contributed by atoms with E-state index in [4.69, 9.17) is 16.6 Å². The number of hydrogen-bond acceptors (Lipinski definition) is 6. The van der Waals surface area contributed by atoms with Crippen LogP contribution in [0.15, 0.2) is 47.4 Å². The maximum Gasteiger partial charge on any atom is 0.247 e. The largest absolute Gasteiger partial charge is 0.308 e. The molecule has 1 aliphatic heterocycles. The third-order valence-corrected chi connectivity index (χ3v) is 8.92. The van der Waals surface area contributed by atoms with Crippen LogP contribution >= 0.6 is 22.9 Å². The topological polar surface area (TPSA) is 73.8 Å². The second kappa shape index (κ2) is 9.68. The van der Waals surface area contributed by atoms with Crippen LogP contribution in [0, 0.1) is 6.92 Å². The number of fused-ring (bicyclic) bond motifs is 1. The van der Waals surface area contributed by atoms with E-state index in [-0.39, 0.29) is 10.8 Å². The molecule has 0 radical (unpaired) electrons. The SMILES string of the molecule is Cc1ccc2nc(N(CCN(C)C)C(=O)C3CCCN3S(=O)(=O)c3ccc(Cl)cc3)sc2c1. The van der Waals surface area contributed by atoms with Crippen molar-refractivity contribution in [2.75, 3.05) is 38.6 Å². The van der Waals surface area contributed by atoms with Crippen LogP contribution in [0.2, 0.25) is 5.02 Å². The first-order valence-corrected chi connectivity index (χ1v) is 13.4. The number of carbonyl (C=O) groups excluding carboxylic acids is 1. The van der Waals surface area contributed by atoms with E-state index in [1.807, 2.05) is 38.1 Å². The quantitative estimate of drug-likeness (QED) is 0.484. The molecule has 1 aromatic heterocycles. The molecule has 7 nitrogen and oxygen atoms in total. The number of sulfonamides is 1. The van der Waals surface area contributed by atoms with E-state index in [0.29, 0.717) is 42.6 Å². The number of likely N-dealkylation sites (N-methyl/N-ethyl adjacent to an activating group) is 1. The summed E-state index contributed by atoms with van der Waals surface area (Å²) >= 11 is 7.39. The van der Waals surface area contributed by atoms with Crippen LogP contribution in [0.4, 0.5) is 5.13 Å². The third-order valence-electron chi connectivity index (χ3n) is 5.71. The average Bonchev–Trinajstić information content (AvgIpc) is 3.41. The lowest BCUT2D eigenvalue weighted by atomic mass is 10.2. The molecule has 0 spiro atoms. The molecule has 3 aromatic rings. The minimum atomic E-state index is -3.83. The summed E-state index contributed by atoms with van der Waals surface area (Å²) in [4.78, 5) is 22.3. The summed E-state index contributed by atoms with van der Waals surface area (Å²) in [5.41, 5.74) is 1.96. The second-order valence-corrected chi connectivity index (χ2v) is 11.8. The molecule has 176 valence electrons. The van der Waals surface area contributed by atoms with Gasteiger partial charge in [-0.2, -0.15) is 4.31 Å². The number of aryl methyl sites for hydroxylation is 1. The van der Waals surface area contributed by atoms with Gasteiger partial charge < -0.3 is 4.90 Å². The first-order chi connectivity index (χ1) is 15.7. The number of anilines is 1. The molecule has 1 saturated heterocycles. The zero-order valence-electron chi connectivity index (χ0n) is 18.9. The molecule has 2 heterocycles. The summed E-state index contributed by atoms with van der Waals surface area (Å²) in [6.07, 6.45) is 1.11. The Kier molecular flexibility index (Phi) is 7.07. The van der Waals surface area contributed by atoms with Gasteiger partial charge in [-0.1, -0.05) is 29.0 Å². The van der Waals surface area contributed by atoms with Crippen LogP contribution in [0.5, 0.6) is 0 Å². The van der Waals surface area contributed by atoms with E-state index in [9.17, 15) is 13.2 Å². The van der Waals surface area contributed by atoms with E-state index >= 15 is 0 Å². The van der Waals surface area contributed by atoms with Gasteiger partial charge in [0, 0.05) is 24.7 Å². The number of aromatic nitrogens is 1. The van der Waals surface area contributed by atoms with Crippen molar-refractivity contribution in [1.82, 2.24) is 14.2 Å². The van der Waals surface area contributed by atoms with Gasteiger partial charge in [-0.25, -0.2) is 13.4 Å². The van der Waals surface area contributed by atoms with Gasteiger partial charge in [-0.15, -0.1) is 0 Å². The summed E-state index contributed by atoms with van der Waals surface area (Å²) in [5, 5.41) is 1.06. The number of carbonyl (C=O) groups is 1. The fourth-order valence-electron chi connectivity index (χ4n) is 3.93. The lowest BCUT2D eigenvalue weighted by molar-refractivity contribution is -0.121. The van der Waals surface area contributed by atoms with Crippen molar-refractivity contribution >= 4 is 54.2 Å². The molecule has 1 atom stereocenters. The summed E-state index contributed by atoms with van der Waals surface area (Å²) < 4.78 is 29.0. The summed E-state index contributed by atoms with van der Waals surface area (Å²) in [5.74, 6) is -0.234. The average molecular weight is 507 g/mol. The van der Waals surface area contributed by atoms with Crippen molar-refractivity contribution in [3.63, 3.8) is 0 Å². The van der Waals surface area contributed by atoms with Crippen LogP contribution < -0.4 is 4.90 Å². The van der Waals surface area contributed by atoms with Crippen LogP contribution in [-0.2, 0) is 14.8 Å². The van der Waals surface area contributed by atoms with Gasteiger partial charge in [0.25, 0.3) is 0 Å². The number of hydrogen-bond donors (Lipinski definition) is 0. The highest BCUT2D eigenvalue weighted by atomic mass is 35.5. The van der Waals surface area contributed by atoms with Gasteiger partial charge >= 0.3 is 0 Å². The molecular weight excluding hydrogens is 480 g/mol. The molecule has 33 heavy (non-hydrogen) atoms. The number of thiazole rings is 1. The van der Waals surface area contributed by atoms with Crippen LogP contribution in [-0.4, -0.2) is 68.3 Å². The summed E-state index contributed by atoms with van der Waals surface area (Å²) in [6, 6.07) is 11.3. The van der Waals surface area contributed by atoms with Gasteiger partial charge in [-0.05, 0) is 75.8 Å². The maximum atomic E-state index is 13.8. The molecule has 1 amide bonds. The van der Waals surface area contributed by atoms with Crippen molar-refractivity contribution in [2.24, 2.45) is 0 Å². The number of nitrogens with zero attached hydrogens (tertiary/aromatic N) is 4. The smallest absolute Gasteiger partial charge is 0.247 e. The molecule has 1 fully saturated rings. The Hall–Kier alpha value is -2.04. The number of halogens is 1. The molecule has 0 bridgehead atoms. The highest BCUT2D eigenvalue weighted by Crippen LogP contribution is 2.33. The Bertz CT molecular complexity index is 1260. The minimum Gasteiger partial charge on any atom is -0.308 e. The second-order valence-electron chi connectivity index (χ2n) is 8.49. The van der Waals surface area contributed by atoms with Crippen molar-refractivity contribution < 1.29 is 13.2 Å². The summed E-state index contributed by atoms with van der Waals surface area (Å²) in [6.45, 7) is 3.39. The molecular formula is C23H27ClN4O3S2. The van der Waals surface area contributed by atoms with Crippen molar-refractivity contribution in [3.05, 3.63) is 53.1 Å². The van der Waals surface area contributed by atoms with Crippen molar-refractivity contribution in [2.45, 2.75) is 30.7 Å². The standard InChI is InChI=1S/C23H27ClN4O3S2/c1-16-6-11-19-21(15-16)32-23(25-19)27(14-13-26(2)3)22(29)20-5-4-12-28(20)33(30,31)18-9-7-17(24)8-10-18/h6-11,15,20H,4-5,12-14H2,1-3H3. The number of rotatable bonds is 7. The Balaban J connectivity index is 1.67. The van der Waals surface area contributed by atoms with Crippen LogP contribution in [0.25, 0.3) is 10.2 Å². The monoisotopic (exact) mass is 506 g/mol. The molecule has 0 saturated carbocycles. The molecule has 10 heteroatoms. The Morgan fingerprint density at radius 2 is 1.91 bits per heavy atom. The lowest BCUT2D eigenvalue weighted by Crippen LogP contribution is -2.49. The first-order valence-electron chi connectivity index (χ1n) is 10.8. The lowest BCUT2D eigenvalue weighted by Gasteiger charge is -2.29. The number of benzene rings is 2. The minimum absolute atomic E-state index is 0.141. The predicted octanol–water partition coefficient (Wildman–Crippen LogP) is 4.01. The molecule has 2 aromatic carbocycles. The predicted molar refractivity (Wildman–Crippen MR) is 134 cm³/mol. The van der Waals surface area contributed by atoms with E-state index in [1.165, 1.54) is 27.8 Å². The fraction of sp³-hybridized carbons (Fsp3) is 0.391. The third kappa shape index (κ3) is 5.07. The van der Waals surface area contributed by atoms with E-state index in [0.717, 1.165) is 15.8 Å². The summed E-state index contributed by atoms with van der Waals surface area (Å²) in [7, 11) is 0.0563. The van der Waals surface area contributed by atoms with Gasteiger partial charge in [-0.3, -0.25) is 9.69 Å². The molecule has 4 rings (SSSR count). The van der Waals surface area contributed by atoms with Crippen molar-refractivity contribution in [1.29, 1.82) is 0 Å². The Morgan fingerprint density at radius 1 is 1.18 bits per heavy atom. The highest BCUT2D eigenvalue weighted by Gasteiger charge is 2.42. The molecule has 0 aliphatic carbocycles. The van der Waals surface area contributed by atoms with Crippen LogP contribution in [0.1, 0.15) is 18.4 Å². The van der Waals surface area contributed by atoms with Crippen LogP contribution in [0.3, 0.4) is 0 Å². The maximum absolute atomic E-state index is 13.8. The Morgan fingerprint density at radius 3 is 2.61 bits per heavy atom. The van der Waals surface area contributed by atoms with Gasteiger partial charge in [0.2, 0.25) is 15.9 Å². The van der Waals surface area contributed by atoms with Gasteiger partial charge in [0.1, 0.15) is 6.04 Å². The first kappa shape index (κ1) is 24.1. The zero-order chi connectivity index (χ0) is 23.8. The van der Waals surface area contributed by atoms with Gasteiger partial charge in [0.15, 0.2) is 5.13 Å². The van der Waals surface area contributed by atoms with Crippen molar-refractivity contribution in [3.8, 4) is 0 Å². The highest BCUT2D eigenvalue weighted by molar-refractivity contribution is 7.89. The zero-order valence-corrected chi connectivity index (χ0v) is 21.3. The van der Waals surface area contributed by atoms with E-state index in [2.05, 4.69) is 6.07 Å². The fourth-order valence-corrected chi connectivity index (χ4v) is 6.80. The van der Waals surface area contributed by atoms with Gasteiger partial charge in [0.05, 0.1) is 15.1 Å².